The lowest BCUT2D eigenvalue weighted by Crippen LogP contribution is -1.70. The van der Waals surface area contributed by atoms with E-state index in [0.717, 1.165) is 0 Å². The molecule has 0 spiro atoms. The molecule has 0 bridgehead atoms. The van der Waals surface area contributed by atoms with Crippen LogP contribution in [0.4, 0.5) is 0 Å². The van der Waals surface area contributed by atoms with Crippen molar-refractivity contribution in [3.63, 3.8) is 0 Å². The van der Waals surface area contributed by atoms with Gasteiger partial charge in [-0.1, -0.05) is 83.4 Å². The summed E-state index contributed by atoms with van der Waals surface area (Å²) in [5.41, 5.74) is 0. The van der Waals surface area contributed by atoms with Crippen molar-refractivity contribution in [2.45, 2.75) is 60.8 Å². The van der Waals surface area contributed by atoms with Gasteiger partial charge in [0, 0.05) is 0 Å². The highest BCUT2D eigenvalue weighted by Gasteiger charge is 1.80. The molecule has 0 aliphatic rings. The monoisotopic (exact) mass is 402 g/mol. The fraction of sp³-hybridized carbons (Fsp3) is 1.00. The fourth-order valence-corrected chi connectivity index (χ4v) is 0.677. The summed E-state index contributed by atoms with van der Waals surface area (Å²) in [4.78, 5) is 1.97. The Morgan fingerprint density at radius 1 is 0.750 bits per heavy atom. The van der Waals surface area contributed by atoms with Gasteiger partial charge in [0.2, 0.25) is 0 Å². The van der Waals surface area contributed by atoms with Crippen molar-refractivity contribution in [1.29, 1.82) is 0 Å². The second kappa shape index (κ2) is 39.2. The van der Waals surface area contributed by atoms with Crippen LogP contribution in [-0.2, 0) is 0 Å². The Hall–Kier alpha value is 1.46. The summed E-state index contributed by atoms with van der Waals surface area (Å²) in [5.74, 6) is 0. The van der Waals surface area contributed by atoms with Gasteiger partial charge in [-0.3, -0.25) is 0 Å². The maximum absolute atomic E-state index is 2.25. The Kier molecular flexibility index (Phi) is 95.4. The van der Waals surface area contributed by atoms with Gasteiger partial charge in [0.1, 0.15) is 0 Å². The van der Waals surface area contributed by atoms with Crippen LogP contribution in [0.2, 0.25) is 0 Å². The van der Waals surface area contributed by atoms with Crippen molar-refractivity contribution in [2.24, 2.45) is 0 Å². The van der Waals surface area contributed by atoms with E-state index in [-0.39, 0.29) is 38.8 Å². The largest absolute Gasteiger partial charge is 0.107 e. The van der Waals surface area contributed by atoms with Crippen LogP contribution in [0.25, 0.3) is 0 Å². The predicted molar refractivity (Wildman–Crippen MR) is 83.3 cm³/mol. The Bertz CT molecular complexity index is 27.0. The maximum atomic E-state index is 2.25. The van der Waals surface area contributed by atoms with Crippen LogP contribution in [0.5, 0.6) is 0 Å². The quantitative estimate of drug-likeness (QED) is 0.311. The molecule has 0 radical (unpaired) electrons. The van der Waals surface area contributed by atoms with Crippen molar-refractivity contribution in [2.75, 3.05) is 4.93 Å². The Labute approximate surface area is 111 Å². The number of hydrogen-bond acceptors (Lipinski definition) is 0. The first-order valence-corrected chi connectivity index (χ1v) is 5.95. The summed E-state index contributed by atoms with van der Waals surface area (Å²) >= 11 is 2.15. The normalized spacial score (nSPS) is 6.00. The molecule has 82 valence electrons. The van der Waals surface area contributed by atoms with Gasteiger partial charge in [-0.05, 0) is 4.93 Å². The third-order valence-corrected chi connectivity index (χ3v) is 1.21. The van der Waals surface area contributed by atoms with Crippen LogP contribution in [0, 0.1) is 0 Å². The lowest BCUT2D eigenvalue weighted by Gasteiger charge is -1.90. The van der Waals surface area contributed by atoms with E-state index in [1.165, 1.54) is 32.1 Å². The molecular weight excluding hydrogens is 374 g/mol. The average molecular weight is 402 g/mol. The van der Waals surface area contributed by atoms with Crippen molar-refractivity contribution >= 4 is 46.6 Å². The zero-order valence-corrected chi connectivity index (χ0v) is 11.8. The van der Waals surface area contributed by atoms with E-state index in [1.807, 2.05) is 4.93 Å². The van der Waals surface area contributed by atoms with Crippen molar-refractivity contribution in [3.05, 3.63) is 0 Å². The molecule has 0 heterocycles. The second-order valence-electron chi connectivity index (χ2n) is 2.06. The third kappa shape index (κ3) is 42.1. The zero-order valence-electron chi connectivity index (χ0n) is 7.32. The summed E-state index contributed by atoms with van der Waals surface area (Å²) in [6, 6.07) is 0. The third-order valence-electron chi connectivity index (χ3n) is 1.21. The van der Waals surface area contributed by atoms with Crippen molar-refractivity contribution < 1.29 is 0 Å². The number of unbranched alkanes of at least 4 members (excludes halogenated alkanes) is 4. The molecule has 0 unspecified atom stereocenters. The Balaban J connectivity index is -0.0000000303. The van der Waals surface area contributed by atoms with Crippen LogP contribution in [0.3, 0.4) is 0 Å². The second-order valence-corrected chi connectivity index (χ2v) is 2.06. The van der Waals surface area contributed by atoms with Gasteiger partial charge in [0.25, 0.3) is 0 Å². The van der Waals surface area contributed by atoms with Gasteiger partial charge in [0.15, 0.2) is 0 Å². The van der Waals surface area contributed by atoms with Crippen LogP contribution < -0.4 is 0 Å². The molecule has 0 aromatic carbocycles. The maximum Gasteiger partial charge on any atom is -0.0121 e. The summed E-state index contributed by atoms with van der Waals surface area (Å²) in [6.45, 7) is 4.49. The minimum absolute atomic E-state index is 0. The van der Waals surface area contributed by atoms with Gasteiger partial charge in [-0.15, -0.1) is 24.0 Å². The SMILES string of the molecule is C.C.CCCCCCC.CI.I. The van der Waals surface area contributed by atoms with Crippen LogP contribution in [0.1, 0.15) is 60.8 Å². The molecule has 0 fully saturated rings. The minimum atomic E-state index is 0. The molecule has 0 aliphatic carbocycles. The molecule has 0 nitrogen and oxygen atoms in total. The predicted octanol–water partition coefficient (Wildman–Crippen LogP) is 5.92. The molecular formula is C10H28I2. The van der Waals surface area contributed by atoms with E-state index in [4.69, 9.17) is 0 Å². The van der Waals surface area contributed by atoms with E-state index in [2.05, 4.69) is 36.4 Å². The molecule has 0 saturated carbocycles. The summed E-state index contributed by atoms with van der Waals surface area (Å²) in [7, 11) is 0. The number of halogens is 2. The van der Waals surface area contributed by atoms with Gasteiger partial charge < -0.3 is 0 Å². The average Bonchev–Trinajstić information content (AvgIpc) is 1.94. The van der Waals surface area contributed by atoms with E-state index in [0.29, 0.717) is 0 Å². The summed E-state index contributed by atoms with van der Waals surface area (Å²) in [6.07, 6.45) is 7.01. The Morgan fingerprint density at radius 2 is 1.00 bits per heavy atom. The molecule has 12 heavy (non-hydrogen) atoms. The van der Waals surface area contributed by atoms with Crippen molar-refractivity contribution in [3.8, 4) is 0 Å². The molecule has 2 heteroatoms. The minimum Gasteiger partial charge on any atom is -0.107 e. The highest BCUT2D eigenvalue weighted by molar-refractivity contribution is 14.1. The lowest BCUT2D eigenvalue weighted by atomic mass is 10.2. The Morgan fingerprint density at radius 3 is 1.17 bits per heavy atom. The summed E-state index contributed by atoms with van der Waals surface area (Å²) < 4.78 is 0. The molecule has 0 N–H and O–H groups in total. The van der Waals surface area contributed by atoms with Crippen LogP contribution in [0.15, 0.2) is 0 Å². The van der Waals surface area contributed by atoms with Crippen molar-refractivity contribution in [1.82, 2.24) is 0 Å². The molecule has 0 aliphatic heterocycles. The highest BCUT2D eigenvalue weighted by Crippen LogP contribution is 2.00. The smallest absolute Gasteiger partial charge is 0.0121 e. The number of alkyl halides is 1. The van der Waals surface area contributed by atoms with E-state index < -0.39 is 0 Å². The molecule has 0 aromatic rings. The first-order chi connectivity index (χ1) is 4.41. The highest BCUT2D eigenvalue weighted by atomic mass is 127. The molecule has 0 saturated heterocycles. The first-order valence-electron chi connectivity index (χ1n) is 3.79. The number of hydrogen-bond donors (Lipinski definition) is 0. The number of rotatable bonds is 4. The lowest BCUT2D eigenvalue weighted by molar-refractivity contribution is 0.656. The van der Waals surface area contributed by atoms with Gasteiger partial charge in [-0.2, -0.15) is 0 Å². The molecule has 0 rings (SSSR count). The van der Waals surface area contributed by atoms with E-state index in [9.17, 15) is 0 Å². The zero-order chi connectivity index (χ0) is 7.54. The summed E-state index contributed by atoms with van der Waals surface area (Å²) in [5, 5.41) is 0. The fourth-order valence-electron chi connectivity index (χ4n) is 0.677. The van der Waals surface area contributed by atoms with E-state index >= 15 is 0 Å². The van der Waals surface area contributed by atoms with Gasteiger partial charge in [0.05, 0.1) is 0 Å². The molecule has 0 amide bonds. The van der Waals surface area contributed by atoms with Gasteiger partial charge >= 0.3 is 0 Å². The molecule has 0 aromatic heterocycles. The van der Waals surface area contributed by atoms with Crippen LogP contribution in [-0.4, -0.2) is 4.93 Å². The van der Waals surface area contributed by atoms with E-state index in [1.54, 1.807) is 0 Å². The molecule has 0 atom stereocenters. The van der Waals surface area contributed by atoms with Crippen LogP contribution >= 0.6 is 46.6 Å². The first kappa shape index (κ1) is 29.2. The topological polar surface area (TPSA) is 0 Å². The van der Waals surface area contributed by atoms with Gasteiger partial charge in [-0.25, -0.2) is 0 Å². The standard InChI is InChI=1S/C7H16.CH3I.2CH4.HI/c1-3-5-7-6-4-2;1-2;;;/h3-7H2,1-2H3;1H3;2*1H4;1H.